The third-order valence-electron chi connectivity index (χ3n) is 3.48. The monoisotopic (exact) mass is 340 g/mol. The van der Waals surface area contributed by atoms with E-state index in [0.717, 1.165) is 5.56 Å². The van der Waals surface area contributed by atoms with Crippen LogP contribution in [-0.4, -0.2) is 24.6 Å². The molecule has 0 aliphatic carbocycles. The summed E-state index contributed by atoms with van der Waals surface area (Å²) < 4.78 is 5.30. The molecule has 1 N–H and O–H groups in total. The average Bonchev–Trinajstić information content (AvgIpc) is 2.58. The fraction of sp³-hybridized carbons (Fsp3) is 0.300. The van der Waals surface area contributed by atoms with Crippen molar-refractivity contribution in [3.8, 4) is 0 Å². The number of nitrogens with one attached hydrogen (secondary N) is 1. The van der Waals surface area contributed by atoms with Crippen molar-refractivity contribution in [2.45, 2.75) is 32.9 Å². The van der Waals surface area contributed by atoms with Gasteiger partial charge in [0.25, 0.3) is 5.91 Å². The van der Waals surface area contributed by atoms with Crippen molar-refractivity contribution in [3.05, 3.63) is 65.7 Å². The van der Waals surface area contributed by atoms with Crippen LogP contribution in [0.5, 0.6) is 0 Å². The Labute approximate surface area is 148 Å². The lowest BCUT2D eigenvalue weighted by molar-refractivity contribution is 0.0919. The smallest absolute Gasteiger partial charge is 0.414 e. The van der Waals surface area contributed by atoms with E-state index in [1.807, 2.05) is 51.1 Å². The maximum absolute atomic E-state index is 12.1. The lowest BCUT2D eigenvalue weighted by Gasteiger charge is -2.21. The molecule has 0 radical (unpaired) electrons. The molecule has 0 fully saturated rings. The molecule has 0 aliphatic rings. The zero-order valence-electron chi connectivity index (χ0n) is 15.1. The summed E-state index contributed by atoms with van der Waals surface area (Å²) in [5.41, 5.74) is 1.84. The standard InChI is InChI=1S/C20H24N2O3/c1-20(2,3)21-18(23)16-10-12-17(13-11-16)22(4)19(24)25-14-15-8-6-5-7-9-15/h5-13H,14H2,1-4H3,(H,21,23). The molecule has 0 heterocycles. The van der Waals surface area contributed by atoms with Crippen molar-refractivity contribution in [1.29, 1.82) is 0 Å². The van der Waals surface area contributed by atoms with E-state index in [4.69, 9.17) is 4.74 Å². The van der Waals surface area contributed by atoms with Gasteiger partial charge in [-0.25, -0.2) is 4.79 Å². The van der Waals surface area contributed by atoms with Gasteiger partial charge in [0.2, 0.25) is 0 Å². The molecule has 5 heteroatoms. The van der Waals surface area contributed by atoms with E-state index in [2.05, 4.69) is 5.32 Å². The number of carbonyl (C=O) groups excluding carboxylic acids is 2. The molecule has 0 bridgehead atoms. The molecule has 2 amide bonds. The third-order valence-corrected chi connectivity index (χ3v) is 3.48. The first-order valence-electron chi connectivity index (χ1n) is 8.13. The van der Waals surface area contributed by atoms with Crippen LogP contribution in [0.25, 0.3) is 0 Å². The molecule has 0 saturated carbocycles. The molecule has 0 aromatic heterocycles. The molecule has 0 spiro atoms. The van der Waals surface area contributed by atoms with Crippen molar-refractivity contribution in [1.82, 2.24) is 5.32 Å². The van der Waals surface area contributed by atoms with Gasteiger partial charge in [0, 0.05) is 23.8 Å². The van der Waals surface area contributed by atoms with E-state index in [9.17, 15) is 9.59 Å². The lowest BCUT2D eigenvalue weighted by Crippen LogP contribution is -2.40. The van der Waals surface area contributed by atoms with Crippen molar-refractivity contribution < 1.29 is 14.3 Å². The number of amides is 2. The second-order valence-electron chi connectivity index (χ2n) is 6.85. The van der Waals surface area contributed by atoms with E-state index in [0.29, 0.717) is 11.3 Å². The number of hydrogen-bond acceptors (Lipinski definition) is 3. The minimum absolute atomic E-state index is 0.145. The zero-order valence-corrected chi connectivity index (χ0v) is 15.1. The second kappa shape index (κ2) is 7.83. The SMILES string of the molecule is CN(C(=O)OCc1ccccc1)c1ccc(C(=O)NC(C)(C)C)cc1. The van der Waals surface area contributed by atoms with Crippen molar-refractivity contribution in [2.75, 3.05) is 11.9 Å². The van der Waals surface area contributed by atoms with Gasteiger partial charge in [-0.3, -0.25) is 9.69 Å². The molecule has 0 atom stereocenters. The molecule has 132 valence electrons. The number of nitrogens with zero attached hydrogens (tertiary/aromatic N) is 1. The van der Waals surface area contributed by atoms with Gasteiger partial charge in [0.15, 0.2) is 0 Å². The maximum Gasteiger partial charge on any atom is 0.414 e. The van der Waals surface area contributed by atoms with E-state index in [1.54, 1.807) is 31.3 Å². The Morgan fingerprint density at radius 3 is 2.16 bits per heavy atom. The summed E-state index contributed by atoms with van der Waals surface area (Å²) in [5, 5.41) is 2.90. The Kier molecular flexibility index (Phi) is 5.80. The first-order chi connectivity index (χ1) is 11.8. The van der Waals surface area contributed by atoms with Gasteiger partial charge < -0.3 is 10.1 Å². The highest BCUT2D eigenvalue weighted by atomic mass is 16.6. The highest BCUT2D eigenvalue weighted by molar-refractivity contribution is 5.95. The summed E-state index contributed by atoms with van der Waals surface area (Å²) >= 11 is 0. The predicted molar refractivity (Wildman–Crippen MR) is 98.7 cm³/mol. The number of rotatable bonds is 4. The molecule has 0 saturated heterocycles. The topological polar surface area (TPSA) is 58.6 Å². The average molecular weight is 340 g/mol. The predicted octanol–water partition coefficient (Wildman–Crippen LogP) is 3.99. The van der Waals surface area contributed by atoms with Crippen LogP contribution in [0, 0.1) is 0 Å². The zero-order chi connectivity index (χ0) is 18.4. The van der Waals surface area contributed by atoms with E-state index in [1.165, 1.54) is 4.90 Å². The van der Waals surface area contributed by atoms with E-state index >= 15 is 0 Å². The summed E-state index contributed by atoms with van der Waals surface area (Å²) in [6, 6.07) is 16.3. The number of carbonyl (C=O) groups is 2. The van der Waals surface area contributed by atoms with Crippen LogP contribution in [0.4, 0.5) is 10.5 Å². The highest BCUT2D eigenvalue weighted by Crippen LogP contribution is 2.16. The highest BCUT2D eigenvalue weighted by Gasteiger charge is 2.16. The van der Waals surface area contributed by atoms with E-state index in [-0.39, 0.29) is 18.1 Å². The van der Waals surface area contributed by atoms with Gasteiger partial charge in [0.1, 0.15) is 6.61 Å². The summed E-state index contributed by atoms with van der Waals surface area (Å²) in [6.45, 7) is 6.00. The minimum Gasteiger partial charge on any atom is -0.444 e. The van der Waals surface area contributed by atoms with Gasteiger partial charge in [-0.15, -0.1) is 0 Å². The molecule has 2 aromatic rings. The number of benzene rings is 2. The summed E-state index contributed by atoms with van der Waals surface area (Å²) in [5.74, 6) is -0.145. The molecular weight excluding hydrogens is 316 g/mol. The number of anilines is 1. The Hall–Kier alpha value is -2.82. The quantitative estimate of drug-likeness (QED) is 0.915. The summed E-state index contributed by atoms with van der Waals surface area (Å²) in [4.78, 5) is 25.7. The van der Waals surface area contributed by atoms with Crippen LogP contribution in [0.3, 0.4) is 0 Å². The molecule has 2 aromatic carbocycles. The Balaban J connectivity index is 1.96. The van der Waals surface area contributed by atoms with Crippen LogP contribution < -0.4 is 10.2 Å². The summed E-state index contributed by atoms with van der Waals surface area (Å²) in [7, 11) is 1.64. The van der Waals surface area contributed by atoms with Gasteiger partial charge in [-0.2, -0.15) is 0 Å². The third kappa shape index (κ3) is 5.64. The maximum atomic E-state index is 12.1. The van der Waals surface area contributed by atoms with Crippen LogP contribution >= 0.6 is 0 Å². The Bertz CT molecular complexity index is 719. The van der Waals surface area contributed by atoms with Crippen molar-refractivity contribution >= 4 is 17.7 Å². The summed E-state index contributed by atoms with van der Waals surface area (Å²) in [6.07, 6.45) is -0.448. The fourth-order valence-corrected chi connectivity index (χ4v) is 2.17. The second-order valence-corrected chi connectivity index (χ2v) is 6.85. The molecular formula is C20H24N2O3. The van der Waals surface area contributed by atoms with Gasteiger partial charge in [-0.05, 0) is 50.6 Å². The van der Waals surface area contributed by atoms with Crippen LogP contribution in [0.1, 0.15) is 36.7 Å². The van der Waals surface area contributed by atoms with Gasteiger partial charge in [-0.1, -0.05) is 30.3 Å². The number of hydrogen-bond donors (Lipinski definition) is 1. The van der Waals surface area contributed by atoms with Crippen LogP contribution in [0.2, 0.25) is 0 Å². The van der Waals surface area contributed by atoms with Crippen LogP contribution in [0.15, 0.2) is 54.6 Å². The van der Waals surface area contributed by atoms with Gasteiger partial charge >= 0.3 is 6.09 Å². The van der Waals surface area contributed by atoms with Gasteiger partial charge in [0.05, 0.1) is 0 Å². The molecule has 0 aliphatic heterocycles. The Morgan fingerprint density at radius 1 is 1.00 bits per heavy atom. The molecule has 0 unspecified atom stereocenters. The first kappa shape index (κ1) is 18.5. The lowest BCUT2D eigenvalue weighted by atomic mass is 10.1. The molecule has 2 rings (SSSR count). The van der Waals surface area contributed by atoms with Crippen molar-refractivity contribution in [2.24, 2.45) is 0 Å². The largest absolute Gasteiger partial charge is 0.444 e. The van der Waals surface area contributed by atoms with E-state index < -0.39 is 6.09 Å². The molecule has 5 nitrogen and oxygen atoms in total. The normalized spacial score (nSPS) is 10.9. The minimum atomic E-state index is -0.448. The molecule has 25 heavy (non-hydrogen) atoms. The fourth-order valence-electron chi connectivity index (χ4n) is 2.17. The first-order valence-corrected chi connectivity index (χ1v) is 8.13. The number of ether oxygens (including phenoxy) is 1. The van der Waals surface area contributed by atoms with Crippen LogP contribution in [-0.2, 0) is 11.3 Å². The van der Waals surface area contributed by atoms with Crippen molar-refractivity contribution in [3.63, 3.8) is 0 Å². The Morgan fingerprint density at radius 2 is 1.60 bits per heavy atom.